The first-order valence-electron chi connectivity index (χ1n) is 10.1. The Morgan fingerprint density at radius 3 is 2.31 bits per heavy atom. The lowest BCUT2D eigenvalue weighted by Crippen LogP contribution is -2.43. The standard InChI is InChI=1S/C21H24N4O3S/c1-3-24(21-23-22-18(29-21)14-10-8-13(2)9-11-14)17(26)12-25-19(27)15-6-4-5-7-16(15)20(25)28/h8-11,15-16H,3-7,12H2,1-2H3. The van der Waals surface area contributed by atoms with Crippen LogP contribution >= 0.6 is 11.3 Å². The Balaban J connectivity index is 1.49. The van der Waals surface area contributed by atoms with Crippen LogP contribution in [0.2, 0.25) is 0 Å². The number of anilines is 1. The molecule has 3 amide bonds. The van der Waals surface area contributed by atoms with Gasteiger partial charge in [-0.1, -0.05) is 54.0 Å². The number of hydrogen-bond acceptors (Lipinski definition) is 6. The summed E-state index contributed by atoms with van der Waals surface area (Å²) in [6.45, 7) is 4.03. The molecule has 2 fully saturated rings. The maximum absolute atomic E-state index is 12.9. The van der Waals surface area contributed by atoms with E-state index in [9.17, 15) is 14.4 Å². The Morgan fingerprint density at radius 1 is 1.10 bits per heavy atom. The molecule has 7 nitrogen and oxygen atoms in total. The van der Waals surface area contributed by atoms with Crippen LogP contribution in [0.25, 0.3) is 10.6 Å². The lowest BCUT2D eigenvalue weighted by atomic mass is 9.81. The number of carbonyl (C=O) groups excluding carboxylic acids is 3. The first-order valence-corrected chi connectivity index (χ1v) is 10.9. The van der Waals surface area contributed by atoms with Crippen molar-refractivity contribution in [2.75, 3.05) is 18.0 Å². The number of likely N-dealkylation sites (tertiary alicyclic amines) is 1. The van der Waals surface area contributed by atoms with Gasteiger partial charge in [0, 0.05) is 12.1 Å². The fraction of sp³-hybridized carbons (Fsp3) is 0.476. The highest BCUT2D eigenvalue weighted by Gasteiger charge is 2.48. The van der Waals surface area contributed by atoms with Gasteiger partial charge < -0.3 is 0 Å². The fourth-order valence-electron chi connectivity index (χ4n) is 4.16. The second kappa shape index (κ2) is 8.02. The van der Waals surface area contributed by atoms with Crippen LogP contribution in [0.5, 0.6) is 0 Å². The van der Waals surface area contributed by atoms with Crippen LogP contribution in [0.3, 0.4) is 0 Å². The zero-order chi connectivity index (χ0) is 20.5. The summed E-state index contributed by atoms with van der Waals surface area (Å²) in [5, 5.41) is 9.60. The van der Waals surface area contributed by atoms with Crippen LogP contribution < -0.4 is 4.90 Å². The van der Waals surface area contributed by atoms with Crippen molar-refractivity contribution in [1.29, 1.82) is 0 Å². The molecular weight excluding hydrogens is 388 g/mol. The van der Waals surface area contributed by atoms with Gasteiger partial charge in [-0.15, -0.1) is 10.2 Å². The average Bonchev–Trinajstić information content (AvgIpc) is 3.29. The first kappa shape index (κ1) is 19.7. The van der Waals surface area contributed by atoms with Crippen molar-refractivity contribution in [3.05, 3.63) is 29.8 Å². The zero-order valence-electron chi connectivity index (χ0n) is 16.6. The maximum atomic E-state index is 12.9. The normalized spacial score (nSPS) is 21.4. The van der Waals surface area contributed by atoms with Gasteiger partial charge in [0.15, 0.2) is 0 Å². The highest BCUT2D eigenvalue weighted by molar-refractivity contribution is 7.18. The van der Waals surface area contributed by atoms with Gasteiger partial charge in [0.25, 0.3) is 0 Å². The third-order valence-electron chi connectivity index (χ3n) is 5.79. The molecule has 0 bridgehead atoms. The predicted octanol–water partition coefficient (Wildman–Crippen LogP) is 3.04. The number of amides is 3. The molecule has 29 heavy (non-hydrogen) atoms. The van der Waals surface area contributed by atoms with Gasteiger partial charge in [0.1, 0.15) is 11.6 Å². The number of likely N-dealkylation sites (N-methyl/N-ethyl adjacent to an activating group) is 1. The minimum absolute atomic E-state index is 0.193. The number of aromatic nitrogens is 2. The van der Waals surface area contributed by atoms with Crippen molar-refractivity contribution in [3.63, 3.8) is 0 Å². The van der Waals surface area contributed by atoms with Crippen molar-refractivity contribution in [3.8, 4) is 10.6 Å². The minimum atomic E-state index is -0.306. The van der Waals surface area contributed by atoms with Crippen LogP contribution in [-0.2, 0) is 14.4 Å². The molecule has 0 spiro atoms. The summed E-state index contributed by atoms with van der Waals surface area (Å²) in [4.78, 5) is 40.9. The Bertz CT molecular complexity index is 916. The van der Waals surface area contributed by atoms with Gasteiger partial charge in [-0.25, -0.2) is 0 Å². The second-order valence-electron chi connectivity index (χ2n) is 7.65. The van der Waals surface area contributed by atoms with Gasteiger partial charge >= 0.3 is 0 Å². The molecule has 8 heteroatoms. The summed E-state index contributed by atoms with van der Waals surface area (Å²) < 4.78 is 0. The van der Waals surface area contributed by atoms with E-state index in [1.54, 1.807) is 0 Å². The van der Waals surface area contributed by atoms with Crippen molar-refractivity contribution in [2.45, 2.75) is 39.5 Å². The zero-order valence-corrected chi connectivity index (χ0v) is 17.4. The second-order valence-corrected chi connectivity index (χ2v) is 8.61. The summed E-state index contributed by atoms with van der Waals surface area (Å²) in [7, 11) is 0. The number of imide groups is 1. The van der Waals surface area contributed by atoms with Crippen LogP contribution in [0.1, 0.15) is 38.2 Å². The van der Waals surface area contributed by atoms with E-state index in [-0.39, 0.29) is 36.1 Å². The molecular formula is C21H24N4O3S. The summed E-state index contributed by atoms with van der Waals surface area (Å²) in [6.07, 6.45) is 3.42. The number of fused-ring (bicyclic) bond motifs is 1. The quantitative estimate of drug-likeness (QED) is 0.705. The van der Waals surface area contributed by atoms with E-state index in [4.69, 9.17) is 0 Å². The highest BCUT2D eigenvalue weighted by Crippen LogP contribution is 2.38. The van der Waals surface area contributed by atoms with Gasteiger partial charge in [-0.2, -0.15) is 0 Å². The van der Waals surface area contributed by atoms with Gasteiger partial charge in [-0.3, -0.25) is 24.2 Å². The third kappa shape index (κ3) is 3.69. The minimum Gasteiger partial charge on any atom is -0.285 e. The van der Waals surface area contributed by atoms with Gasteiger partial charge in [-0.05, 0) is 26.7 Å². The monoisotopic (exact) mass is 412 g/mol. The summed E-state index contributed by atoms with van der Waals surface area (Å²) in [6, 6.07) is 7.95. The Kier molecular flexibility index (Phi) is 5.45. The van der Waals surface area contributed by atoms with E-state index in [0.29, 0.717) is 11.7 Å². The smallest absolute Gasteiger partial charge is 0.248 e. The molecule has 2 heterocycles. The van der Waals surface area contributed by atoms with E-state index >= 15 is 0 Å². The van der Waals surface area contributed by atoms with Crippen molar-refractivity contribution >= 4 is 34.2 Å². The van der Waals surface area contributed by atoms with Crippen molar-refractivity contribution < 1.29 is 14.4 Å². The molecule has 4 rings (SSSR count). The number of aryl methyl sites for hydroxylation is 1. The molecule has 152 valence electrons. The van der Waals surface area contributed by atoms with E-state index in [1.165, 1.54) is 16.2 Å². The molecule has 2 aliphatic rings. The highest BCUT2D eigenvalue weighted by atomic mass is 32.1. The molecule has 2 aromatic rings. The maximum Gasteiger partial charge on any atom is 0.248 e. The fourth-order valence-corrected chi connectivity index (χ4v) is 5.09. The molecule has 1 saturated carbocycles. The Hall–Kier alpha value is -2.61. The van der Waals surface area contributed by atoms with E-state index in [1.807, 2.05) is 38.1 Å². The number of rotatable bonds is 5. The van der Waals surface area contributed by atoms with E-state index in [2.05, 4.69) is 10.2 Å². The van der Waals surface area contributed by atoms with Gasteiger partial charge in [0.05, 0.1) is 11.8 Å². The van der Waals surface area contributed by atoms with Crippen LogP contribution in [-0.4, -0.2) is 45.9 Å². The van der Waals surface area contributed by atoms with Crippen LogP contribution in [0.4, 0.5) is 5.13 Å². The molecule has 2 unspecified atom stereocenters. The van der Waals surface area contributed by atoms with Crippen molar-refractivity contribution in [1.82, 2.24) is 15.1 Å². The predicted molar refractivity (Wildman–Crippen MR) is 110 cm³/mol. The number of nitrogens with zero attached hydrogens (tertiary/aromatic N) is 4. The molecule has 1 aliphatic heterocycles. The molecule has 0 radical (unpaired) electrons. The molecule has 2 atom stereocenters. The van der Waals surface area contributed by atoms with Gasteiger partial charge in [0.2, 0.25) is 22.9 Å². The topological polar surface area (TPSA) is 83.5 Å². The summed E-state index contributed by atoms with van der Waals surface area (Å²) in [5.41, 5.74) is 2.10. The molecule has 1 aromatic heterocycles. The third-order valence-corrected chi connectivity index (χ3v) is 6.78. The number of carbonyl (C=O) groups is 3. The SMILES string of the molecule is CCN(C(=O)CN1C(=O)C2CCCCC2C1=O)c1nnc(-c2ccc(C)cc2)s1. The average molecular weight is 413 g/mol. The van der Waals surface area contributed by atoms with E-state index in [0.717, 1.165) is 46.7 Å². The first-order chi connectivity index (χ1) is 14.0. The molecule has 1 saturated heterocycles. The number of benzene rings is 1. The summed E-state index contributed by atoms with van der Waals surface area (Å²) >= 11 is 1.33. The van der Waals surface area contributed by atoms with Crippen molar-refractivity contribution in [2.24, 2.45) is 11.8 Å². The Labute approximate surface area is 173 Å². The molecule has 0 N–H and O–H groups in total. The van der Waals surface area contributed by atoms with E-state index < -0.39 is 0 Å². The largest absolute Gasteiger partial charge is 0.285 e. The van der Waals surface area contributed by atoms with Crippen LogP contribution in [0.15, 0.2) is 24.3 Å². The molecule has 1 aliphatic carbocycles. The lowest BCUT2D eigenvalue weighted by Gasteiger charge is -2.21. The Morgan fingerprint density at radius 2 is 1.72 bits per heavy atom. The van der Waals surface area contributed by atoms with Crippen LogP contribution in [0, 0.1) is 18.8 Å². The molecule has 1 aromatic carbocycles. The number of hydrogen-bond donors (Lipinski definition) is 0. The summed E-state index contributed by atoms with van der Waals surface area (Å²) in [5.74, 6) is -1.18. The lowest BCUT2D eigenvalue weighted by molar-refractivity contribution is -0.143.